The molecule has 0 aliphatic heterocycles. The van der Waals surface area contributed by atoms with Crippen molar-refractivity contribution in [2.45, 2.75) is 26.8 Å². The van der Waals surface area contributed by atoms with Gasteiger partial charge in [-0.1, -0.05) is 36.8 Å². The number of hydrogen-bond acceptors (Lipinski definition) is 3. The summed E-state index contributed by atoms with van der Waals surface area (Å²) in [6, 6.07) is 10.6. The van der Waals surface area contributed by atoms with Crippen LogP contribution in [-0.2, 0) is 0 Å². The molecule has 0 saturated carbocycles. The lowest BCUT2D eigenvalue weighted by Crippen LogP contribution is -2.24. The van der Waals surface area contributed by atoms with Gasteiger partial charge in [0.05, 0.1) is 6.04 Å². The molecule has 2 rings (SSSR count). The fraction of sp³-hybridized carbons (Fsp3) is 0.312. The van der Waals surface area contributed by atoms with Gasteiger partial charge in [0.1, 0.15) is 5.82 Å². The van der Waals surface area contributed by atoms with Crippen molar-refractivity contribution in [1.29, 1.82) is 0 Å². The summed E-state index contributed by atoms with van der Waals surface area (Å²) in [4.78, 5) is 4.23. The lowest BCUT2D eigenvalue weighted by molar-refractivity contribution is 0.627. The van der Waals surface area contributed by atoms with Crippen molar-refractivity contribution in [3.8, 4) is 0 Å². The van der Waals surface area contributed by atoms with Gasteiger partial charge in [-0.25, -0.2) is 4.98 Å². The van der Waals surface area contributed by atoms with Gasteiger partial charge in [0.2, 0.25) is 0 Å². The maximum absolute atomic E-state index is 6.08. The van der Waals surface area contributed by atoms with Crippen molar-refractivity contribution in [2.75, 3.05) is 12.3 Å². The van der Waals surface area contributed by atoms with Crippen molar-refractivity contribution >= 4 is 5.82 Å². The van der Waals surface area contributed by atoms with Crippen molar-refractivity contribution in [3.05, 3.63) is 58.8 Å². The Morgan fingerprint density at radius 3 is 2.68 bits per heavy atom. The highest BCUT2D eigenvalue weighted by Gasteiger charge is 2.18. The molecular formula is C16H21N3. The monoisotopic (exact) mass is 255 g/mol. The first-order valence-corrected chi connectivity index (χ1v) is 6.64. The Balaban J connectivity index is 2.51. The third kappa shape index (κ3) is 2.93. The van der Waals surface area contributed by atoms with Gasteiger partial charge in [0, 0.05) is 11.8 Å². The normalized spacial score (nSPS) is 12.4. The molecule has 0 spiro atoms. The van der Waals surface area contributed by atoms with Crippen molar-refractivity contribution in [1.82, 2.24) is 10.3 Å². The van der Waals surface area contributed by atoms with Gasteiger partial charge in [0.25, 0.3) is 0 Å². The Morgan fingerprint density at radius 1 is 1.26 bits per heavy atom. The zero-order chi connectivity index (χ0) is 13.8. The molecule has 0 fully saturated rings. The molecule has 1 atom stereocenters. The van der Waals surface area contributed by atoms with E-state index in [0.29, 0.717) is 5.82 Å². The van der Waals surface area contributed by atoms with Crippen molar-refractivity contribution < 1.29 is 0 Å². The van der Waals surface area contributed by atoms with Gasteiger partial charge in [-0.15, -0.1) is 0 Å². The Kier molecular flexibility index (Phi) is 4.17. The predicted molar refractivity (Wildman–Crippen MR) is 80.1 cm³/mol. The number of rotatable bonds is 4. The van der Waals surface area contributed by atoms with Crippen LogP contribution in [0.5, 0.6) is 0 Å². The van der Waals surface area contributed by atoms with E-state index in [1.807, 2.05) is 6.07 Å². The Morgan fingerprint density at radius 2 is 2.05 bits per heavy atom. The first-order valence-electron chi connectivity index (χ1n) is 6.64. The van der Waals surface area contributed by atoms with E-state index in [9.17, 15) is 0 Å². The molecule has 2 aromatic rings. The molecule has 1 aromatic carbocycles. The van der Waals surface area contributed by atoms with Crippen LogP contribution in [0.25, 0.3) is 0 Å². The number of nitrogens with zero attached hydrogens (tertiary/aromatic N) is 1. The number of anilines is 1. The zero-order valence-corrected chi connectivity index (χ0v) is 11.8. The van der Waals surface area contributed by atoms with Crippen LogP contribution < -0.4 is 11.1 Å². The number of pyridine rings is 1. The molecule has 3 N–H and O–H groups in total. The number of nitrogens with two attached hydrogens (primary N) is 1. The molecule has 0 amide bonds. The molecule has 3 heteroatoms. The lowest BCUT2D eigenvalue weighted by Gasteiger charge is -2.22. The molecule has 100 valence electrons. The SMILES string of the molecule is CCNC(c1cccc(C)c1)c1c(C)ccnc1N. The second-order valence-electron chi connectivity index (χ2n) is 4.83. The van der Waals surface area contributed by atoms with E-state index in [1.165, 1.54) is 16.7 Å². The molecule has 1 aromatic heterocycles. The molecule has 3 nitrogen and oxygen atoms in total. The molecule has 1 unspecified atom stereocenters. The van der Waals surface area contributed by atoms with Crippen molar-refractivity contribution in [3.63, 3.8) is 0 Å². The molecule has 1 heterocycles. The highest BCUT2D eigenvalue weighted by molar-refractivity contribution is 5.50. The van der Waals surface area contributed by atoms with Gasteiger partial charge in [-0.05, 0) is 37.6 Å². The summed E-state index contributed by atoms with van der Waals surface area (Å²) in [5.74, 6) is 0.604. The van der Waals surface area contributed by atoms with Crippen LogP contribution in [0.4, 0.5) is 5.82 Å². The van der Waals surface area contributed by atoms with E-state index < -0.39 is 0 Å². The predicted octanol–water partition coefficient (Wildman–Crippen LogP) is 2.98. The summed E-state index contributed by atoms with van der Waals surface area (Å²) in [5.41, 5.74) is 10.8. The van der Waals surface area contributed by atoms with Gasteiger partial charge in [-0.3, -0.25) is 0 Å². The van der Waals surface area contributed by atoms with Crippen LogP contribution >= 0.6 is 0 Å². The molecule has 0 saturated heterocycles. The van der Waals surface area contributed by atoms with Crippen molar-refractivity contribution in [2.24, 2.45) is 0 Å². The van der Waals surface area contributed by atoms with E-state index in [4.69, 9.17) is 5.73 Å². The Hall–Kier alpha value is -1.87. The van der Waals surface area contributed by atoms with Crippen LogP contribution in [0.1, 0.15) is 35.2 Å². The maximum atomic E-state index is 6.08. The highest BCUT2D eigenvalue weighted by atomic mass is 14.9. The van der Waals surface area contributed by atoms with E-state index in [2.05, 4.69) is 55.3 Å². The minimum atomic E-state index is 0.0959. The summed E-state index contributed by atoms with van der Waals surface area (Å²) in [5, 5.41) is 3.50. The first-order chi connectivity index (χ1) is 9.13. The Labute approximate surface area is 114 Å². The number of benzene rings is 1. The summed E-state index contributed by atoms with van der Waals surface area (Å²) >= 11 is 0. The minimum absolute atomic E-state index is 0.0959. The summed E-state index contributed by atoms with van der Waals surface area (Å²) in [7, 11) is 0. The molecule has 0 aliphatic carbocycles. The maximum Gasteiger partial charge on any atom is 0.128 e. The average Bonchev–Trinajstić information content (AvgIpc) is 2.37. The van der Waals surface area contributed by atoms with Gasteiger partial charge < -0.3 is 11.1 Å². The summed E-state index contributed by atoms with van der Waals surface area (Å²) in [6.07, 6.45) is 1.76. The Bertz CT molecular complexity index is 543. The topological polar surface area (TPSA) is 50.9 Å². The number of hydrogen-bond donors (Lipinski definition) is 2. The molecule has 19 heavy (non-hydrogen) atoms. The second kappa shape index (κ2) is 5.85. The minimum Gasteiger partial charge on any atom is -0.383 e. The van der Waals surface area contributed by atoms with Crippen LogP contribution in [-0.4, -0.2) is 11.5 Å². The average molecular weight is 255 g/mol. The molecular weight excluding hydrogens is 234 g/mol. The van der Waals surface area contributed by atoms with E-state index in [-0.39, 0.29) is 6.04 Å². The quantitative estimate of drug-likeness (QED) is 0.883. The molecule has 0 radical (unpaired) electrons. The fourth-order valence-corrected chi connectivity index (χ4v) is 2.41. The van der Waals surface area contributed by atoms with E-state index in [1.54, 1.807) is 6.20 Å². The third-order valence-electron chi connectivity index (χ3n) is 3.31. The van der Waals surface area contributed by atoms with Crippen LogP contribution in [0.3, 0.4) is 0 Å². The fourth-order valence-electron chi connectivity index (χ4n) is 2.41. The third-order valence-corrected chi connectivity index (χ3v) is 3.31. The number of aromatic nitrogens is 1. The van der Waals surface area contributed by atoms with E-state index in [0.717, 1.165) is 12.1 Å². The second-order valence-corrected chi connectivity index (χ2v) is 4.83. The largest absolute Gasteiger partial charge is 0.383 e. The number of nitrogen functional groups attached to an aromatic ring is 1. The first kappa shape index (κ1) is 13.6. The van der Waals surface area contributed by atoms with Gasteiger partial charge in [0.15, 0.2) is 0 Å². The van der Waals surface area contributed by atoms with E-state index >= 15 is 0 Å². The molecule has 0 bridgehead atoms. The molecule has 0 aliphatic rings. The highest BCUT2D eigenvalue weighted by Crippen LogP contribution is 2.28. The number of aryl methyl sites for hydroxylation is 2. The van der Waals surface area contributed by atoms with Gasteiger partial charge in [-0.2, -0.15) is 0 Å². The van der Waals surface area contributed by atoms with Crippen LogP contribution in [0, 0.1) is 13.8 Å². The summed E-state index contributed by atoms with van der Waals surface area (Å²) in [6.45, 7) is 7.16. The smallest absolute Gasteiger partial charge is 0.128 e. The lowest BCUT2D eigenvalue weighted by atomic mass is 9.94. The zero-order valence-electron chi connectivity index (χ0n) is 11.8. The standard InChI is InChI=1S/C16H21N3/c1-4-18-15(13-7-5-6-11(2)10-13)14-12(3)8-9-19-16(14)17/h5-10,15,18H,4H2,1-3H3,(H2,17,19). The van der Waals surface area contributed by atoms with Gasteiger partial charge >= 0.3 is 0 Å². The summed E-state index contributed by atoms with van der Waals surface area (Å²) < 4.78 is 0. The van der Waals surface area contributed by atoms with Crippen LogP contribution in [0.2, 0.25) is 0 Å². The van der Waals surface area contributed by atoms with Crippen LogP contribution in [0.15, 0.2) is 36.5 Å². The number of nitrogens with one attached hydrogen (secondary N) is 1.